The molecular formula is C7H14B3F12-3. The predicted molar refractivity (Wildman–Crippen MR) is 62.8 cm³/mol. The van der Waals surface area contributed by atoms with Crippen LogP contribution in [0.15, 0.2) is 0 Å². The topological polar surface area (TPSA) is 0 Å². The molecule has 1 aliphatic carbocycles. The molecule has 0 atom stereocenters. The van der Waals surface area contributed by atoms with Gasteiger partial charge in [0.15, 0.2) is 0 Å². The molecule has 138 valence electrons. The summed E-state index contributed by atoms with van der Waals surface area (Å²) >= 11 is 0. The van der Waals surface area contributed by atoms with E-state index in [-0.39, 0.29) is 0 Å². The van der Waals surface area contributed by atoms with E-state index in [2.05, 4.69) is 6.92 Å². The average molecular weight is 359 g/mol. The van der Waals surface area contributed by atoms with Crippen LogP contribution in [0.2, 0.25) is 0 Å². The summed E-state index contributed by atoms with van der Waals surface area (Å²) in [5, 5.41) is 0. The summed E-state index contributed by atoms with van der Waals surface area (Å²) in [5.74, 6) is 1.04. The van der Waals surface area contributed by atoms with Gasteiger partial charge in [-0.05, 0) is 5.92 Å². The first-order chi connectivity index (χ1) is 9.39. The van der Waals surface area contributed by atoms with Crippen LogP contribution in [-0.4, -0.2) is 21.8 Å². The molecule has 1 aliphatic rings. The fourth-order valence-electron chi connectivity index (χ4n) is 1.31. The first-order valence-corrected chi connectivity index (χ1v) is 6.01. The Morgan fingerprint density at radius 3 is 0.773 bits per heavy atom. The molecule has 0 N–H and O–H groups in total. The van der Waals surface area contributed by atoms with Crippen molar-refractivity contribution in [2.75, 3.05) is 0 Å². The summed E-state index contributed by atoms with van der Waals surface area (Å²) in [4.78, 5) is 0. The van der Waals surface area contributed by atoms with Crippen molar-refractivity contribution in [2.24, 2.45) is 5.92 Å². The van der Waals surface area contributed by atoms with E-state index < -0.39 is 21.8 Å². The minimum absolute atomic E-state index is 1.04. The number of halogens is 12. The van der Waals surface area contributed by atoms with Crippen LogP contribution in [0.25, 0.3) is 0 Å². The van der Waals surface area contributed by atoms with E-state index in [1.807, 2.05) is 0 Å². The Bertz CT molecular complexity index is 194. The number of hydrogen-bond donors (Lipinski definition) is 0. The minimum atomic E-state index is -6.00. The monoisotopic (exact) mass is 359 g/mol. The zero-order valence-electron chi connectivity index (χ0n) is 11.4. The molecular weight excluding hydrogens is 344 g/mol. The molecule has 0 unspecified atom stereocenters. The third-order valence-electron chi connectivity index (χ3n) is 1.89. The lowest BCUT2D eigenvalue weighted by Gasteiger charge is -2.15. The molecule has 0 aromatic heterocycles. The molecule has 0 aliphatic heterocycles. The van der Waals surface area contributed by atoms with E-state index in [0.29, 0.717) is 0 Å². The van der Waals surface area contributed by atoms with Crippen LogP contribution in [0.5, 0.6) is 0 Å². The maximum Gasteiger partial charge on any atom is 0.673 e. The smallest absolute Gasteiger partial charge is 0.418 e. The number of rotatable bonds is 0. The highest BCUT2D eigenvalue weighted by atomic mass is 19.5. The zero-order valence-corrected chi connectivity index (χ0v) is 11.4. The van der Waals surface area contributed by atoms with Crippen LogP contribution in [-0.2, 0) is 0 Å². The molecule has 0 aromatic rings. The highest BCUT2D eigenvalue weighted by Gasteiger charge is 2.21. The standard InChI is InChI=1S/C7H14.3BF4/c1-7-5-3-2-4-6-7;3*2-1(3,4)5/h7H,2-6H2,1H3;;;/q;3*-1. The van der Waals surface area contributed by atoms with Crippen molar-refractivity contribution in [3.8, 4) is 0 Å². The third-order valence-corrected chi connectivity index (χ3v) is 1.89. The molecule has 1 saturated carbocycles. The molecule has 0 nitrogen and oxygen atoms in total. The Morgan fingerprint density at radius 1 is 0.500 bits per heavy atom. The lowest BCUT2D eigenvalue weighted by Crippen LogP contribution is -2.02. The fraction of sp³-hybridized carbons (Fsp3) is 1.00. The molecule has 22 heavy (non-hydrogen) atoms. The zero-order chi connectivity index (χ0) is 18.6. The van der Waals surface area contributed by atoms with Gasteiger partial charge in [-0.2, -0.15) is 0 Å². The highest BCUT2D eigenvalue weighted by molar-refractivity contribution is 6.50. The first kappa shape index (κ1) is 26.3. The normalized spacial score (nSPS) is 16.2. The molecule has 0 bridgehead atoms. The molecule has 0 spiro atoms. The Morgan fingerprint density at radius 2 is 0.682 bits per heavy atom. The average Bonchev–Trinajstić information content (AvgIpc) is 2.09. The fourth-order valence-corrected chi connectivity index (χ4v) is 1.31. The van der Waals surface area contributed by atoms with Gasteiger partial charge in [-0.25, -0.2) is 0 Å². The summed E-state index contributed by atoms with van der Waals surface area (Å²) < 4.78 is 117. The number of hydrogen-bond acceptors (Lipinski definition) is 0. The van der Waals surface area contributed by atoms with Crippen molar-refractivity contribution in [2.45, 2.75) is 39.0 Å². The quantitative estimate of drug-likeness (QED) is 0.343. The van der Waals surface area contributed by atoms with Crippen molar-refractivity contribution in [1.82, 2.24) is 0 Å². The lowest BCUT2D eigenvalue weighted by molar-refractivity contribution is 0.366. The third kappa shape index (κ3) is 121. The Hall–Kier alpha value is -0.645. The Kier molecular flexibility index (Phi) is 14.2. The van der Waals surface area contributed by atoms with E-state index >= 15 is 0 Å². The lowest BCUT2D eigenvalue weighted by atomic mass is 9.91. The van der Waals surface area contributed by atoms with Crippen molar-refractivity contribution < 1.29 is 51.8 Å². The van der Waals surface area contributed by atoms with Crippen molar-refractivity contribution in [3.05, 3.63) is 0 Å². The summed E-state index contributed by atoms with van der Waals surface area (Å²) in [5.41, 5.74) is 0. The van der Waals surface area contributed by atoms with E-state index in [4.69, 9.17) is 0 Å². The predicted octanol–water partition coefficient (Wildman–Crippen LogP) is 6.49. The maximum absolute atomic E-state index is 9.75. The van der Waals surface area contributed by atoms with Gasteiger partial charge in [-0.3, -0.25) is 0 Å². The maximum atomic E-state index is 9.75. The van der Waals surface area contributed by atoms with E-state index in [9.17, 15) is 51.8 Å². The van der Waals surface area contributed by atoms with Gasteiger partial charge in [-0.1, -0.05) is 39.0 Å². The SMILES string of the molecule is CC1CCCCC1.F[B-](F)(F)F.F[B-](F)(F)F.F[B-](F)(F)F. The van der Waals surface area contributed by atoms with Crippen molar-refractivity contribution >= 4 is 21.8 Å². The van der Waals surface area contributed by atoms with Gasteiger partial charge in [0.1, 0.15) is 0 Å². The van der Waals surface area contributed by atoms with E-state index in [0.717, 1.165) is 5.92 Å². The molecule has 0 aromatic carbocycles. The summed E-state index contributed by atoms with van der Waals surface area (Å²) in [7, 11) is -18.0. The van der Waals surface area contributed by atoms with E-state index in [1.165, 1.54) is 32.1 Å². The van der Waals surface area contributed by atoms with Gasteiger partial charge in [-0.15, -0.1) is 0 Å². The minimum Gasteiger partial charge on any atom is -0.418 e. The van der Waals surface area contributed by atoms with Crippen LogP contribution >= 0.6 is 0 Å². The van der Waals surface area contributed by atoms with Gasteiger partial charge in [0, 0.05) is 0 Å². The molecule has 15 heteroatoms. The Labute approximate surface area is 119 Å². The van der Waals surface area contributed by atoms with Crippen LogP contribution in [0.3, 0.4) is 0 Å². The second-order valence-electron chi connectivity index (χ2n) is 4.23. The first-order valence-electron chi connectivity index (χ1n) is 6.01. The van der Waals surface area contributed by atoms with E-state index in [1.54, 1.807) is 0 Å². The molecule has 0 radical (unpaired) electrons. The molecule has 0 heterocycles. The van der Waals surface area contributed by atoms with Crippen molar-refractivity contribution in [1.29, 1.82) is 0 Å². The van der Waals surface area contributed by atoms with Crippen LogP contribution in [0, 0.1) is 5.92 Å². The van der Waals surface area contributed by atoms with Gasteiger partial charge in [0.25, 0.3) is 0 Å². The second-order valence-corrected chi connectivity index (χ2v) is 4.23. The largest absolute Gasteiger partial charge is 0.673 e. The molecule has 1 rings (SSSR count). The summed E-state index contributed by atoms with van der Waals surface area (Å²) in [6.45, 7) is 2.36. The van der Waals surface area contributed by atoms with Crippen LogP contribution in [0.4, 0.5) is 51.8 Å². The van der Waals surface area contributed by atoms with Gasteiger partial charge in [0.05, 0.1) is 0 Å². The molecule has 0 saturated heterocycles. The van der Waals surface area contributed by atoms with Gasteiger partial charge < -0.3 is 51.8 Å². The van der Waals surface area contributed by atoms with Crippen LogP contribution < -0.4 is 0 Å². The second kappa shape index (κ2) is 11.9. The van der Waals surface area contributed by atoms with Crippen molar-refractivity contribution in [3.63, 3.8) is 0 Å². The summed E-state index contributed by atoms with van der Waals surface area (Å²) in [6.07, 6.45) is 7.44. The Balaban J connectivity index is -0.000000223. The molecule has 1 fully saturated rings. The highest BCUT2D eigenvalue weighted by Crippen LogP contribution is 2.22. The van der Waals surface area contributed by atoms with Gasteiger partial charge in [0.2, 0.25) is 0 Å². The van der Waals surface area contributed by atoms with Gasteiger partial charge >= 0.3 is 21.8 Å². The van der Waals surface area contributed by atoms with Crippen LogP contribution in [0.1, 0.15) is 39.0 Å². The summed E-state index contributed by atoms with van der Waals surface area (Å²) in [6, 6.07) is 0. The molecule has 0 amide bonds.